The average Bonchev–Trinajstić information content (AvgIpc) is 2.49. The number of hydrogen-bond donors (Lipinski definition) is 2. The molecule has 0 aromatic heterocycles. The summed E-state index contributed by atoms with van der Waals surface area (Å²) in [6.45, 7) is 3.78. The first-order chi connectivity index (χ1) is 10.7. The van der Waals surface area contributed by atoms with E-state index in [0.29, 0.717) is 12.0 Å². The Morgan fingerprint density at radius 2 is 2.13 bits per heavy atom. The standard InChI is InChI=1S/C15H23N3O4S/c1-11-6-7-13(9-14(11)18(19)20)23(21,22)17-15(10-16)8-4-3-5-12(15)2/h6-7,9,12,17H,3-5,8,10,16H2,1-2H3. The summed E-state index contributed by atoms with van der Waals surface area (Å²) in [5.41, 5.74) is 5.42. The van der Waals surface area contributed by atoms with Crippen molar-refractivity contribution in [3.05, 3.63) is 33.9 Å². The van der Waals surface area contributed by atoms with Crippen LogP contribution in [0.2, 0.25) is 0 Å². The number of nitrogens with two attached hydrogens (primary N) is 1. The maximum Gasteiger partial charge on any atom is 0.273 e. The van der Waals surface area contributed by atoms with E-state index in [1.54, 1.807) is 6.92 Å². The van der Waals surface area contributed by atoms with Crippen molar-refractivity contribution in [2.45, 2.75) is 50.0 Å². The predicted molar refractivity (Wildman–Crippen MR) is 87.6 cm³/mol. The van der Waals surface area contributed by atoms with Gasteiger partial charge in [-0.1, -0.05) is 25.8 Å². The van der Waals surface area contributed by atoms with E-state index in [0.717, 1.165) is 25.3 Å². The van der Waals surface area contributed by atoms with E-state index in [1.165, 1.54) is 12.1 Å². The molecule has 0 aliphatic heterocycles. The van der Waals surface area contributed by atoms with E-state index in [9.17, 15) is 18.5 Å². The molecular formula is C15H23N3O4S. The lowest BCUT2D eigenvalue weighted by Gasteiger charge is -2.42. The molecule has 0 amide bonds. The van der Waals surface area contributed by atoms with Gasteiger partial charge in [-0.25, -0.2) is 13.1 Å². The van der Waals surface area contributed by atoms with Crippen LogP contribution in [0.15, 0.2) is 23.1 Å². The molecule has 7 nitrogen and oxygen atoms in total. The van der Waals surface area contributed by atoms with Gasteiger partial charge in [-0.3, -0.25) is 10.1 Å². The minimum atomic E-state index is -3.87. The number of aryl methyl sites for hydroxylation is 1. The van der Waals surface area contributed by atoms with E-state index in [1.807, 2.05) is 6.92 Å². The van der Waals surface area contributed by atoms with Crippen molar-refractivity contribution in [3.8, 4) is 0 Å². The summed E-state index contributed by atoms with van der Waals surface area (Å²) in [6, 6.07) is 3.95. The van der Waals surface area contributed by atoms with E-state index in [2.05, 4.69) is 4.72 Å². The predicted octanol–water partition coefficient (Wildman–Crippen LogP) is 2.09. The zero-order chi connectivity index (χ0) is 17.3. The lowest BCUT2D eigenvalue weighted by Crippen LogP contribution is -2.58. The topological polar surface area (TPSA) is 115 Å². The molecule has 0 saturated heterocycles. The minimum Gasteiger partial charge on any atom is -0.329 e. The third-order valence-corrected chi connectivity index (χ3v) is 6.39. The number of nitro groups is 1. The first-order valence-corrected chi connectivity index (χ1v) is 9.19. The van der Waals surface area contributed by atoms with E-state index in [4.69, 9.17) is 5.73 Å². The van der Waals surface area contributed by atoms with Crippen molar-refractivity contribution in [3.63, 3.8) is 0 Å². The normalized spacial score (nSPS) is 25.3. The molecular weight excluding hydrogens is 318 g/mol. The Morgan fingerprint density at radius 3 is 2.70 bits per heavy atom. The Morgan fingerprint density at radius 1 is 1.43 bits per heavy atom. The SMILES string of the molecule is Cc1ccc(S(=O)(=O)NC2(CN)CCCCC2C)cc1[N+](=O)[O-]. The van der Waals surface area contributed by atoms with Gasteiger partial charge in [0.2, 0.25) is 10.0 Å². The fraction of sp³-hybridized carbons (Fsp3) is 0.600. The Hall–Kier alpha value is -1.51. The van der Waals surface area contributed by atoms with Crippen molar-refractivity contribution in [1.29, 1.82) is 0 Å². The minimum absolute atomic E-state index is 0.0969. The highest BCUT2D eigenvalue weighted by molar-refractivity contribution is 7.89. The monoisotopic (exact) mass is 341 g/mol. The quantitative estimate of drug-likeness (QED) is 0.628. The van der Waals surface area contributed by atoms with Crippen LogP contribution in [0.3, 0.4) is 0 Å². The molecule has 2 unspecified atom stereocenters. The second-order valence-corrected chi connectivity index (χ2v) is 8.00. The van der Waals surface area contributed by atoms with Crippen molar-refractivity contribution in [1.82, 2.24) is 4.72 Å². The first kappa shape index (κ1) is 17.8. The zero-order valence-corrected chi connectivity index (χ0v) is 14.2. The number of sulfonamides is 1. The lowest BCUT2D eigenvalue weighted by atomic mass is 9.74. The van der Waals surface area contributed by atoms with Gasteiger partial charge in [0.1, 0.15) is 0 Å². The van der Waals surface area contributed by atoms with Gasteiger partial charge < -0.3 is 5.73 Å². The third-order valence-electron chi connectivity index (χ3n) is 4.84. The summed E-state index contributed by atoms with van der Waals surface area (Å²) < 4.78 is 28.1. The van der Waals surface area contributed by atoms with Gasteiger partial charge in [0, 0.05) is 23.7 Å². The molecule has 1 aliphatic carbocycles. The zero-order valence-electron chi connectivity index (χ0n) is 13.4. The molecule has 1 aromatic rings. The number of nitrogens with zero attached hydrogens (tertiary/aromatic N) is 1. The molecule has 1 aromatic carbocycles. The maximum absolute atomic E-state index is 12.7. The van der Waals surface area contributed by atoms with Crippen molar-refractivity contribution in [2.75, 3.05) is 6.54 Å². The van der Waals surface area contributed by atoms with Crippen molar-refractivity contribution < 1.29 is 13.3 Å². The molecule has 128 valence electrons. The van der Waals surface area contributed by atoms with Gasteiger partial charge in [0.25, 0.3) is 5.69 Å². The highest BCUT2D eigenvalue weighted by atomic mass is 32.2. The number of rotatable bonds is 5. The van der Waals surface area contributed by atoms with Crippen molar-refractivity contribution >= 4 is 15.7 Å². The largest absolute Gasteiger partial charge is 0.329 e. The Kier molecular flexibility index (Phi) is 5.07. The van der Waals surface area contributed by atoms with E-state index in [-0.39, 0.29) is 23.0 Å². The average molecular weight is 341 g/mol. The highest BCUT2D eigenvalue weighted by Gasteiger charge is 2.40. The van der Waals surface area contributed by atoms with Gasteiger partial charge >= 0.3 is 0 Å². The van der Waals surface area contributed by atoms with Gasteiger partial charge in [-0.2, -0.15) is 0 Å². The van der Waals surface area contributed by atoms with Crippen LogP contribution in [-0.4, -0.2) is 25.4 Å². The number of nitro benzene ring substituents is 1. The fourth-order valence-corrected chi connectivity index (χ4v) is 4.74. The molecule has 23 heavy (non-hydrogen) atoms. The van der Waals surface area contributed by atoms with Crippen LogP contribution in [0.4, 0.5) is 5.69 Å². The van der Waals surface area contributed by atoms with Crippen molar-refractivity contribution in [2.24, 2.45) is 11.7 Å². The summed E-state index contributed by atoms with van der Waals surface area (Å²) in [5.74, 6) is 0.122. The Balaban J connectivity index is 2.38. The van der Waals surface area contributed by atoms with E-state index < -0.39 is 20.5 Å². The Labute approximate surface area is 136 Å². The van der Waals surface area contributed by atoms with Crippen LogP contribution in [0.5, 0.6) is 0 Å². The van der Waals surface area contributed by atoms with Crippen LogP contribution in [0.1, 0.15) is 38.2 Å². The molecule has 0 spiro atoms. The second kappa shape index (κ2) is 6.54. The van der Waals surface area contributed by atoms with Gasteiger partial charge in [-0.15, -0.1) is 0 Å². The molecule has 1 fully saturated rings. The smallest absolute Gasteiger partial charge is 0.273 e. The van der Waals surface area contributed by atoms with Crippen LogP contribution in [-0.2, 0) is 10.0 Å². The van der Waals surface area contributed by atoms with Crippen LogP contribution in [0.25, 0.3) is 0 Å². The van der Waals surface area contributed by atoms with Gasteiger partial charge in [-0.05, 0) is 31.7 Å². The third kappa shape index (κ3) is 3.54. The highest BCUT2D eigenvalue weighted by Crippen LogP contribution is 2.34. The van der Waals surface area contributed by atoms with Crippen LogP contribution in [0, 0.1) is 23.0 Å². The molecule has 0 radical (unpaired) electrons. The maximum atomic E-state index is 12.7. The summed E-state index contributed by atoms with van der Waals surface area (Å²) >= 11 is 0. The van der Waals surface area contributed by atoms with Crippen LogP contribution < -0.4 is 10.5 Å². The van der Waals surface area contributed by atoms with Crippen LogP contribution >= 0.6 is 0 Å². The summed E-state index contributed by atoms with van der Waals surface area (Å²) in [4.78, 5) is 10.4. The fourth-order valence-electron chi connectivity index (χ4n) is 3.19. The molecule has 2 rings (SSSR count). The summed E-state index contributed by atoms with van der Waals surface area (Å²) in [6.07, 6.45) is 3.56. The molecule has 1 aliphatic rings. The second-order valence-electron chi connectivity index (χ2n) is 6.32. The number of nitrogens with one attached hydrogen (secondary N) is 1. The van der Waals surface area contributed by atoms with Gasteiger partial charge in [0.05, 0.1) is 9.82 Å². The Bertz CT molecular complexity index is 705. The molecule has 0 heterocycles. The molecule has 0 bridgehead atoms. The molecule has 1 saturated carbocycles. The van der Waals surface area contributed by atoms with Gasteiger partial charge in [0.15, 0.2) is 0 Å². The lowest BCUT2D eigenvalue weighted by molar-refractivity contribution is -0.385. The summed E-state index contributed by atoms with van der Waals surface area (Å²) in [7, 11) is -3.87. The first-order valence-electron chi connectivity index (χ1n) is 7.71. The molecule has 3 N–H and O–H groups in total. The summed E-state index contributed by atoms with van der Waals surface area (Å²) in [5, 5.41) is 11.0. The van der Waals surface area contributed by atoms with E-state index >= 15 is 0 Å². The molecule has 2 atom stereocenters. The number of benzene rings is 1. The number of hydrogen-bond acceptors (Lipinski definition) is 5. The molecule has 8 heteroatoms.